The molecule has 132 valence electrons. The maximum Gasteiger partial charge on any atom is 0.323 e. The molecule has 6 nitrogen and oxygen atoms in total. The van der Waals surface area contributed by atoms with Crippen LogP contribution in [0.15, 0.2) is 60.7 Å². The third-order valence-corrected chi connectivity index (χ3v) is 5.10. The van der Waals surface area contributed by atoms with Gasteiger partial charge in [-0.05, 0) is 17.7 Å². The Balaban J connectivity index is 1.78. The first-order valence-corrected chi connectivity index (χ1v) is 8.45. The van der Waals surface area contributed by atoms with E-state index in [1.165, 1.54) is 12.0 Å². The Labute approximate surface area is 150 Å². The molecule has 0 bridgehead atoms. The van der Waals surface area contributed by atoms with Crippen LogP contribution in [-0.2, 0) is 19.1 Å². The van der Waals surface area contributed by atoms with Crippen LogP contribution in [0.3, 0.4) is 0 Å². The molecule has 4 atom stereocenters. The molecule has 0 aliphatic carbocycles. The first kappa shape index (κ1) is 16.5. The van der Waals surface area contributed by atoms with Crippen molar-refractivity contribution in [2.45, 2.75) is 12.1 Å². The zero-order valence-electron chi connectivity index (χ0n) is 14.2. The SMILES string of the molecule is COC(=O)[C@@H]1N[C@H](c2ccccc2)[C@H]2C(=O)N(c3ccccc3)C(=O)[C@H]21. The molecule has 6 heteroatoms. The first-order chi connectivity index (χ1) is 12.6. The molecule has 26 heavy (non-hydrogen) atoms. The van der Waals surface area contributed by atoms with Gasteiger partial charge in [0, 0.05) is 6.04 Å². The molecular weight excluding hydrogens is 332 g/mol. The molecule has 0 saturated carbocycles. The zero-order valence-corrected chi connectivity index (χ0v) is 14.2. The van der Waals surface area contributed by atoms with Gasteiger partial charge in [-0.25, -0.2) is 4.90 Å². The minimum Gasteiger partial charge on any atom is -0.468 e. The highest BCUT2D eigenvalue weighted by Crippen LogP contribution is 2.45. The van der Waals surface area contributed by atoms with Gasteiger partial charge in [0.1, 0.15) is 6.04 Å². The Kier molecular flexibility index (Phi) is 4.05. The van der Waals surface area contributed by atoms with E-state index in [0.29, 0.717) is 5.69 Å². The van der Waals surface area contributed by atoms with Crippen molar-refractivity contribution in [1.82, 2.24) is 5.32 Å². The summed E-state index contributed by atoms with van der Waals surface area (Å²) in [4.78, 5) is 39.7. The quantitative estimate of drug-likeness (QED) is 0.673. The van der Waals surface area contributed by atoms with E-state index in [2.05, 4.69) is 5.32 Å². The molecule has 2 aromatic rings. The standard InChI is InChI=1S/C20H18N2O4/c1-26-20(25)17-15-14(16(21-17)12-8-4-2-5-9-12)18(23)22(19(15)24)13-10-6-3-7-11-13/h2-11,14-17,21H,1H3/t14-,15+,16+,17+/m0/s1. The van der Waals surface area contributed by atoms with Gasteiger partial charge in [-0.3, -0.25) is 19.7 Å². The lowest BCUT2D eigenvalue weighted by Gasteiger charge is -2.21. The van der Waals surface area contributed by atoms with E-state index in [1.807, 2.05) is 36.4 Å². The Morgan fingerprint density at radius 1 is 0.923 bits per heavy atom. The number of rotatable bonds is 3. The number of fused-ring (bicyclic) bond motifs is 1. The number of hydrogen-bond acceptors (Lipinski definition) is 5. The normalized spacial score (nSPS) is 27.5. The summed E-state index contributed by atoms with van der Waals surface area (Å²) in [6.07, 6.45) is 0. The van der Waals surface area contributed by atoms with Gasteiger partial charge in [-0.15, -0.1) is 0 Å². The number of imide groups is 1. The summed E-state index contributed by atoms with van der Waals surface area (Å²) in [5.74, 6) is -2.62. The fraction of sp³-hybridized carbons (Fsp3) is 0.250. The fourth-order valence-electron chi connectivity index (χ4n) is 3.95. The van der Waals surface area contributed by atoms with Crippen LogP contribution in [0.5, 0.6) is 0 Å². The fourth-order valence-corrected chi connectivity index (χ4v) is 3.95. The Bertz CT molecular complexity index is 853. The van der Waals surface area contributed by atoms with Gasteiger partial charge in [-0.2, -0.15) is 0 Å². The lowest BCUT2D eigenvalue weighted by atomic mass is 9.86. The number of amides is 2. The van der Waals surface area contributed by atoms with Crippen molar-refractivity contribution in [3.8, 4) is 0 Å². The molecule has 2 fully saturated rings. The van der Waals surface area contributed by atoms with Gasteiger partial charge >= 0.3 is 5.97 Å². The summed E-state index contributed by atoms with van der Waals surface area (Å²) in [5, 5.41) is 3.15. The number of benzene rings is 2. The summed E-state index contributed by atoms with van der Waals surface area (Å²) in [7, 11) is 1.28. The van der Waals surface area contributed by atoms with E-state index in [0.717, 1.165) is 5.56 Å². The molecule has 0 spiro atoms. The highest BCUT2D eigenvalue weighted by Gasteiger charge is 2.61. The van der Waals surface area contributed by atoms with Gasteiger partial charge in [0.05, 0.1) is 24.6 Å². The zero-order chi connectivity index (χ0) is 18.3. The molecule has 2 saturated heterocycles. The second kappa shape index (κ2) is 6.38. The second-order valence-electron chi connectivity index (χ2n) is 6.45. The predicted octanol–water partition coefficient (Wildman–Crippen LogP) is 1.68. The predicted molar refractivity (Wildman–Crippen MR) is 94.0 cm³/mol. The van der Waals surface area contributed by atoms with Gasteiger partial charge in [0.15, 0.2) is 0 Å². The summed E-state index contributed by atoms with van der Waals surface area (Å²) >= 11 is 0. The molecule has 2 aliphatic rings. The van der Waals surface area contributed by atoms with Crippen molar-refractivity contribution in [3.05, 3.63) is 66.2 Å². The third-order valence-electron chi connectivity index (χ3n) is 5.10. The molecular formula is C20H18N2O4. The molecule has 0 aromatic heterocycles. The van der Waals surface area contributed by atoms with E-state index in [9.17, 15) is 14.4 Å². The van der Waals surface area contributed by atoms with E-state index in [4.69, 9.17) is 4.74 Å². The Hall–Kier alpha value is -2.99. The molecule has 2 amide bonds. The van der Waals surface area contributed by atoms with Gasteiger partial charge < -0.3 is 4.74 Å². The Morgan fingerprint density at radius 2 is 1.50 bits per heavy atom. The molecule has 2 aromatic carbocycles. The average Bonchev–Trinajstić information content (AvgIpc) is 3.20. The number of carbonyl (C=O) groups is 3. The lowest BCUT2D eigenvalue weighted by Crippen LogP contribution is -2.43. The highest BCUT2D eigenvalue weighted by molar-refractivity contribution is 6.23. The van der Waals surface area contributed by atoms with Crippen LogP contribution in [-0.4, -0.2) is 30.9 Å². The number of nitrogens with one attached hydrogen (secondary N) is 1. The van der Waals surface area contributed by atoms with Gasteiger partial charge in [0.25, 0.3) is 0 Å². The number of methoxy groups -OCH3 is 1. The highest BCUT2D eigenvalue weighted by atomic mass is 16.5. The van der Waals surface area contributed by atoms with Crippen LogP contribution in [0, 0.1) is 11.8 Å². The topological polar surface area (TPSA) is 75.7 Å². The smallest absolute Gasteiger partial charge is 0.323 e. The number of ether oxygens (including phenoxy) is 1. The first-order valence-electron chi connectivity index (χ1n) is 8.45. The molecule has 1 N–H and O–H groups in total. The van der Waals surface area contributed by atoms with Crippen LogP contribution in [0.2, 0.25) is 0 Å². The van der Waals surface area contributed by atoms with Crippen LogP contribution in [0.25, 0.3) is 0 Å². The van der Waals surface area contributed by atoms with Gasteiger partial charge in [0.2, 0.25) is 11.8 Å². The van der Waals surface area contributed by atoms with Crippen molar-refractivity contribution in [3.63, 3.8) is 0 Å². The van der Waals surface area contributed by atoms with Crippen molar-refractivity contribution in [2.75, 3.05) is 12.0 Å². The summed E-state index contributed by atoms with van der Waals surface area (Å²) in [6.45, 7) is 0. The van der Waals surface area contributed by atoms with Crippen molar-refractivity contribution >= 4 is 23.5 Å². The number of hydrogen-bond donors (Lipinski definition) is 1. The van der Waals surface area contributed by atoms with Crippen molar-refractivity contribution in [1.29, 1.82) is 0 Å². The van der Waals surface area contributed by atoms with Crippen LogP contribution < -0.4 is 10.2 Å². The van der Waals surface area contributed by atoms with Crippen molar-refractivity contribution < 1.29 is 19.1 Å². The summed E-state index contributed by atoms with van der Waals surface area (Å²) in [6, 6.07) is 16.9. The van der Waals surface area contributed by atoms with Crippen LogP contribution in [0.1, 0.15) is 11.6 Å². The maximum absolute atomic E-state index is 13.2. The molecule has 4 rings (SSSR count). The Morgan fingerprint density at radius 3 is 2.12 bits per heavy atom. The summed E-state index contributed by atoms with van der Waals surface area (Å²) < 4.78 is 4.87. The third kappa shape index (κ3) is 2.42. The number of para-hydroxylation sites is 1. The lowest BCUT2D eigenvalue weighted by molar-refractivity contribution is -0.145. The van der Waals surface area contributed by atoms with Crippen LogP contribution in [0.4, 0.5) is 5.69 Å². The van der Waals surface area contributed by atoms with E-state index >= 15 is 0 Å². The van der Waals surface area contributed by atoms with Gasteiger partial charge in [-0.1, -0.05) is 48.5 Å². The molecule has 0 unspecified atom stereocenters. The second-order valence-corrected chi connectivity index (χ2v) is 6.45. The summed E-state index contributed by atoms with van der Waals surface area (Å²) in [5.41, 5.74) is 1.39. The maximum atomic E-state index is 13.2. The minimum absolute atomic E-state index is 0.293. The molecule has 2 heterocycles. The van der Waals surface area contributed by atoms with E-state index in [1.54, 1.807) is 24.3 Å². The monoisotopic (exact) mass is 350 g/mol. The van der Waals surface area contributed by atoms with Crippen LogP contribution >= 0.6 is 0 Å². The van der Waals surface area contributed by atoms with E-state index in [-0.39, 0.29) is 11.8 Å². The number of esters is 1. The number of anilines is 1. The molecule has 2 aliphatic heterocycles. The average molecular weight is 350 g/mol. The number of carbonyl (C=O) groups excluding carboxylic acids is 3. The number of nitrogens with zero attached hydrogens (tertiary/aromatic N) is 1. The minimum atomic E-state index is -0.847. The molecule has 0 radical (unpaired) electrons. The van der Waals surface area contributed by atoms with Crippen molar-refractivity contribution in [2.24, 2.45) is 11.8 Å². The largest absolute Gasteiger partial charge is 0.468 e. The van der Waals surface area contributed by atoms with E-state index < -0.39 is 29.9 Å².